The SMILES string of the molecule is CCC(c1ccc(O)cc1)N1C2CCC1CC(N)C2. The van der Waals surface area contributed by atoms with Crippen LogP contribution in [0.2, 0.25) is 0 Å². The molecule has 0 aliphatic carbocycles. The van der Waals surface area contributed by atoms with Crippen LogP contribution >= 0.6 is 0 Å². The molecule has 2 saturated heterocycles. The molecule has 0 amide bonds. The summed E-state index contributed by atoms with van der Waals surface area (Å²) < 4.78 is 0. The smallest absolute Gasteiger partial charge is 0.115 e. The highest BCUT2D eigenvalue weighted by Gasteiger charge is 2.42. The molecule has 2 aliphatic rings. The van der Waals surface area contributed by atoms with Gasteiger partial charge in [-0.05, 0) is 49.8 Å². The van der Waals surface area contributed by atoms with Crippen molar-refractivity contribution >= 4 is 0 Å². The number of phenolic OH excluding ortho intramolecular Hbond substituents is 1. The Labute approximate surface area is 115 Å². The van der Waals surface area contributed by atoms with Crippen LogP contribution < -0.4 is 5.73 Å². The van der Waals surface area contributed by atoms with Crippen molar-refractivity contribution in [1.29, 1.82) is 0 Å². The van der Waals surface area contributed by atoms with E-state index in [9.17, 15) is 5.11 Å². The standard InChI is InChI=1S/C16H24N2O/c1-2-16(11-3-7-15(19)8-4-11)18-13-5-6-14(18)10-12(17)9-13/h3-4,7-8,12-14,16,19H,2,5-6,9-10,17H2,1H3. The minimum atomic E-state index is 0.349. The third-order valence-electron chi connectivity index (χ3n) is 4.85. The van der Waals surface area contributed by atoms with Gasteiger partial charge in [0.05, 0.1) is 0 Å². The van der Waals surface area contributed by atoms with Crippen molar-refractivity contribution in [3.8, 4) is 5.75 Å². The van der Waals surface area contributed by atoms with Gasteiger partial charge in [0.1, 0.15) is 5.75 Å². The van der Waals surface area contributed by atoms with Crippen LogP contribution in [-0.2, 0) is 0 Å². The zero-order valence-corrected chi connectivity index (χ0v) is 11.6. The van der Waals surface area contributed by atoms with Gasteiger partial charge in [-0.1, -0.05) is 19.1 Å². The first-order valence-electron chi connectivity index (χ1n) is 7.51. The summed E-state index contributed by atoms with van der Waals surface area (Å²) in [5.74, 6) is 0.349. The average molecular weight is 260 g/mol. The number of piperidine rings is 1. The molecule has 0 saturated carbocycles. The lowest BCUT2D eigenvalue weighted by molar-refractivity contribution is 0.0746. The van der Waals surface area contributed by atoms with E-state index < -0.39 is 0 Å². The maximum Gasteiger partial charge on any atom is 0.115 e. The summed E-state index contributed by atoms with van der Waals surface area (Å²) in [6, 6.07) is 9.93. The fraction of sp³-hybridized carbons (Fsp3) is 0.625. The van der Waals surface area contributed by atoms with Crippen LogP contribution in [0, 0.1) is 0 Å². The zero-order valence-electron chi connectivity index (χ0n) is 11.6. The van der Waals surface area contributed by atoms with Crippen molar-refractivity contribution in [1.82, 2.24) is 4.90 Å². The first kappa shape index (κ1) is 12.9. The molecule has 0 spiro atoms. The molecule has 1 aromatic carbocycles. The Morgan fingerprint density at radius 2 is 1.79 bits per heavy atom. The number of nitrogens with two attached hydrogens (primary N) is 1. The predicted octanol–water partition coefficient (Wildman–Crippen LogP) is 2.80. The van der Waals surface area contributed by atoms with Crippen LogP contribution in [0.4, 0.5) is 0 Å². The molecule has 2 fully saturated rings. The van der Waals surface area contributed by atoms with Crippen LogP contribution in [0.3, 0.4) is 0 Å². The van der Waals surface area contributed by atoms with Crippen LogP contribution in [0.15, 0.2) is 24.3 Å². The second-order valence-corrected chi connectivity index (χ2v) is 6.08. The number of hydrogen-bond donors (Lipinski definition) is 2. The van der Waals surface area contributed by atoms with E-state index in [1.807, 2.05) is 0 Å². The molecule has 2 bridgehead atoms. The summed E-state index contributed by atoms with van der Waals surface area (Å²) in [5, 5.41) is 9.44. The summed E-state index contributed by atoms with van der Waals surface area (Å²) in [5.41, 5.74) is 7.48. The Hall–Kier alpha value is -1.06. The molecule has 0 radical (unpaired) electrons. The van der Waals surface area contributed by atoms with Gasteiger partial charge >= 0.3 is 0 Å². The first-order valence-corrected chi connectivity index (χ1v) is 7.51. The molecule has 19 heavy (non-hydrogen) atoms. The van der Waals surface area contributed by atoms with E-state index in [1.54, 1.807) is 12.1 Å². The van der Waals surface area contributed by atoms with Gasteiger partial charge in [-0.2, -0.15) is 0 Å². The molecule has 3 rings (SSSR count). The van der Waals surface area contributed by atoms with Crippen LogP contribution in [-0.4, -0.2) is 28.1 Å². The van der Waals surface area contributed by atoms with Gasteiger partial charge in [-0.3, -0.25) is 4.90 Å². The van der Waals surface area contributed by atoms with E-state index in [1.165, 1.54) is 18.4 Å². The Morgan fingerprint density at radius 1 is 1.21 bits per heavy atom. The van der Waals surface area contributed by atoms with Gasteiger partial charge in [-0.25, -0.2) is 0 Å². The minimum Gasteiger partial charge on any atom is -0.508 e. The van der Waals surface area contributed by atoms with Gasteiger partial charge in [0.2, 0.25) is 0 Å². The highest BCUT2D eigenvalue weighted by atomic mass is 16.3. The lowest BCUT2D eigenvalue weighted by Gasteiger charge is -2.43. The van der Waals surface area contributed by atoms with Gasteiger partial charge in [0, 0.05) is 24.2 Å². The van der Waals surface area contributed by atoms with Crippen molar-refractivity contribution in [3.63, 3.8) is 0 Å². The molecule has 3 unspecified atom stereocenters. The summed E-state index contributed by atoms with van der Waals surface area (Å²) in [7, 11) is 0. The van der Waals surface area contributed by atoms with E-state index in [0.29, 0.717) is 29.9 Å². The molecule has 3 heteroatoms. The summed E-state index contributed by atoms with van der Waals surface area (Å²) >= 11 is 0. The third-order valence-corrected chi connectivity index (χ3v) is 4.85. The van der Waals surface area contributed by atoms with Crippen molar-refractivity contribution in [2.75, 3.05) is 0 Å². The maximum absolute atomic E-state index is 9.44. The van der Waals surface area contributed by atoms with Crippen molar-refractivity contribution in [2.24, 2.45) is 5.73 Å². The van der Waals surface area contributed by atoms with E-state index in [-0.39, 0.29) is 0 Å². The largest absolute Gasteiger partial charge is 0.508 e. The second-order valence-electron chi connectivity index (χ2n) is 6.08. The Balaban J connectivity index is 1.85. The number of hydrogen-bond acceptors (Lipinski definition) is 3. The molecule has 0 aromatic heterocycles. The van der Waals surface area contributed by atoms with Gasteiger partial charge in [-0.15, -0.1) is 0 Å². The van der Waals surface area contributed by atoms with Crippen molar-refractivity contribution in [2.45, 2.75) is 63.2 Å². The average Bonchev–Trinajstić information content (AvgIpc) is 2.66. The Morgan fingerprint density at radius 3 is 2.32 bits per heavy atom. The van der Waals surface area contributed by atoms with Crippen LogP contribution in [0.1, 0.15) is 50.6 Å². The first-order chi connectivity index (χ1) is 9.19. The molecule has 104 valence electrons. The zero-order chi connectivity index (χ0) is 13.4. The lowest BCUT2D eigenvalue weighted by atomic mass is 9.92. The molecule has 3 N–H and O–H groups in total. The molecule has 3 atom stereocenters. The van der Waals surface area contributed by atoms with Gasteiger partial charge in [0.15, 0.2) is 0 Å². The summed E-state index contributed by atoms with van der Waals surface area (Å²) in [4.78, 5) is 2.70. The fourth-order valence-corrected chi connectivity index (χ4v) is 4.08. The summed E-state index contributed by atoms with van der Waals surface area (Å²) in [6.07, 6.45) is 6.00. The third kappa shape index (κ3) is 2.37. The number of rotatable bonds is 3. The van der Waals surface area contributed by atoms with Gasteiger partial charge in [0.25, 0.3) is 0 Å². The Kier molecular flexibility index (Phi) is 3.50. The number of fused-ring (bicyclic) bond motifs is 2. The van der Waals surface area contributed by atoms with E-state index in [2.05, 4.69) is 24.0 Å². The quantitative estimate of drug-likeness (QED) is 0.878. The number of nitrogens with zero attached hydrogens (tertiary/aromatic N) is 1. The summed E-state index contributed by atoms with van der Waals surface area (Å²) in [6.45, 7) is 2.26. The van der Waals surface area contributed by atoms with E-state index in [4.69, 9.17) is 5.73 Å². The highest BCUT2D eigenvalue weighted by molar-refractivity contribution is 5.28. The lowest BCUT2D eigenvalue weighted by Crippen LogP contribution is -2.48. The highest BCUT2D eigenvalue weighted by Crippen LogP contribution is 2.42. The topological polar surface area (TPSA) is 49.5 Å². The monoisotopic (exact) mass is 260 g/mol. The second kappa shape index (κ2) is 5.14. The maximum atomic E-state index is 9.44. The molecule has 2 aliphatic heterocycles. The molecule has 2 heterocycles. The Bertz CT molecular complexity index is 417. The molecular weight excluding hydrogens is 236 g/mol. The van der Waals surface area contributed by atoms with Gasteiger partial charge < -0.3 is 10.8 Å². The van der Waals surface area contributed by atoms with E-state index >= 15 is 0 Å². The number of benzene rings is 1. The normalized spacial score (nSPS) is 32.4. The minimum absolute atomic E-state index is 0.349. The van der Waals surface area contributed by atoms with Crippen molar-refractivity contribution in [3.05, 3.63) is 29.8 Å². The molecule has 1 aromatic rings. The molecular formula is C16H24N2O. The van der Waals surface area contributed by atoms with Crippen LogP contribution in [0.5, 0.6) is 5.75 Å². The fourth-order valence-electron chi connectivity index (χ4n) is 4.08. The van der Waals surface area contributed by atoms with E-state index in [0.717, 1.165) is 19.3 Å². The van der Waals surface area contributed by atoms with Crippen molar-refractivity contribution < 1.29 is 5.11 Å². The van der Waals surface area contributed by atoms with Crippen LogP contribution in [0.25, 0.3) is 0 Å². The number of aromatic hydroxyl groups is 1. The predicted molar refractivity (Wildman–Crippen MR) is 77.0 cm³/mol. The molecule has 3 nitrogen and oxygen atoms in total. The number of phenols is 1.